The van der Waals surface area contributed by atoms with Crippen LogP contribution in [0.1, 0.15) is 10.4 Å². The van der Waals surface area contributed by atoms with Crippen LogP contribution in [0.5, 0.6) is 11.9 Å². The minimum atomic E-state index is -0.310. The van der Waals surface area contributed by atoms with Gasteiger partial charge in [-0.3, -0.25) is 4.79 Å². The molecule has 0 unspecified atom stereocenters. The Bertz CT molecular complexity index is 1160. The first-order valence-electron chi connectivity index (χ1n) is 9.31. The van der Waals surface area contributed by atoms with Gasteiger partial charge in [0.1, 0.15) is 5.82 Å². The zero-order valence-corrected chi connectivity index (χ0v) is 17.6. The number of amides is 1. The van der Waals surface area contributed by atoms with Gasteiger partial charge in [-0.1, -0.05) is 30.3 Å². The second kappa shape index (κ2) is 9.23. The first-order valence-corrected chi connectivity index (χ1v) is 10.2. The third-order valence-electron chi connectivity index (χ3n) is 4.29. The smallest absolute Gasteiger partial charge is 0.321 e. The Morgan fingerprint density at radius 3 is 2.42 bits per heavy atom. The fourth-order valence-electron chi connectivity index (χ4n) is 2.75. The summed E-state index contributed by atoms with van der Waals surface area (Å²) in [6.45, 7) is 0. The van der Waals surface area contributed by atoms with Crippen LogP contribution < -0.4 is 20.1 Å². The number of hydrogen-bond donors (Lipinski definition) is 2. The van der Waals surface area contributed by atoms with Crippen LogP contribution in [0.2, 0.25) is 0 Å². The second-order valence-electron chi connectivity index (χ2n) is 6.34. The van der Waals surface area contributed by atoms with Gasteiger partial charge in [-0.05, 0) is 24.3 Å². The molecule has 0 aliphatic heterocycles. The molecular formula is C22H19N5O3S. The molecule has 0 radical (unpaired) electrons. The molecule has 0 saturated heterocycles. The standard InChI is InChI=1S/C22H19N5O3S/c1-29-19-12-18(26-21(27-19)30-2)25-20(28)15-8-10-16(11-9-15)23-22-24-17(13-31-22)14-6-4-3-5-7-14/h3-13H,1-2H3,(H,23,24)(H,25,26,27,28). The third kappa shape index (κ3) is 4.96. The Morgan fingerprint density at radius 1 is 0.935 bits per heavy atom. The number of nitrogens with one attached hydrogen (secondary N) is 2. The fourth-order valence-corrected chi connectivity index (χ4v) is 3.49. The van der Waals surface area contributed by atoms with Crippen molar-refractivity contribution in [3.8, 4) is 23.1 Å². The first-order chi connectivity index (χ1) is 15.1. The molecule has 0 atom stereocenters. The highest BCUT2D eigenvalue weighted by Gasteiger charge is 2.11. The number of aromatic nitrogens is 3. The number of ether oxygens (including phenoxy) is 2. The van der Waals surface area contributed by atoms with E-state index in [1.807, 2.05) is 47.8 Å². The maximum absolute atomic E-state index is 12.6. The lowest BCUT2D eigenvalue weighted by atomic mass is 10.2. The molecule has 0 aliphatic carbocycles. The van der Waals surface area contributed by atoms with Crippen LogP contribution in [0.25, 0.3) is 11.3 Å². The molecule has 0 aliphatic rings. The van der Waals surface area contributed by atoms with E-state index in [-0.39, 0.29) is 17.7 Å². The summed E-state index contributed by atoms with van der Waals surface area (Å²) in [6.07, 6.45) is 0. The lowest BCUT2D eigenvalue weighted by Gasteiger charge is -2.08. The molecule has 156 valence electrons. The number of methoxy groups -OCH3 is 2. The number of carbonyl (C=O) groups is 1. The van der Waals surface area contributed by atoms with Gasteiger partial charge < -0.3 is 20.1 Å². The summed E-state index contributed by atoms with van der Waals surface area (Å²) in [7, 11) is 2.92. The Kier molecular flexibility index (Phi) is 6.04. The minimum Gasteiger partial charge on any atom is -0.481 e. The molecule has 4 rings (SSSR count). The number of benzene rings is 2. The summed E-state index contributed by atoms with van der Waals surface area (Å²) in [5, 5.41) is 8.76. The molecule has 0 fully saturated rings. The number of carbonyl (C=O) groups excluding carboxylic acids is 1. The zero-order chi connectivity index (χ0) is 21.6. The van der Waals surface area contributed by atoms with Gasteiger partial charge in [-0.15, -0.1) is 11.3 Å². The normalized spacial score (nSPS) is 10.4. The van der Waals surface area contributed by atoms with Gasteiger partial charge in [0.05, 0.1) is 19.9 Å². The first kappa shape index (κ1) is 20.3. The van der Waals surface area contributed by atoms with Crippen LogP contribution in [0.3, 0.4) is 0 Å². The topological polar surface area (TPSA) is 98.3 Å². The van der Waals surface area contributed by atoms with E-state index in [4.69, 9.17) is 9.47 Å². The summed E-state index contributed by atoms with van der Waals surface area (Å²) in [5.41, 5.74) is 3.29. The Hall–Kier alpha value is -3.98. The summed E-state index contributed by atoms with van der Waals surface area (Å²) in [5.74, 6) is 0.266. The fraction of sp³-hybridized carbons (Fsp3) is 0.0909. The van der Waals surface area contributed by atoms with Crippen molar-refractivity contribution in [1.82, 2.24) is 15.0 Å². The van der Waals surface area contributed by atoms with Crippen molar-refractivity contribution in [2.75, 3.05) is 24.9 Å². The number of hydrogen-bond acceptors (Lipinski definition) is 8. The van der Waals surface area contributed by atoms with E-state index >= 15 is 0 Å². The summed E-state index contributed by atoms with van der Waals surface area (Å²) in [4.78, 5) is 25.3. The van der Waals surface area contributed by atoms with Crippen LogP contribution >= 0.6 is 11.3 Å². The largest absolute Gasteiger partial charge is 0.481 e. The number of thiazole rings is 1. The third-order valence-corrected chi connectivity index (χ3v) is 5.05. The number of nitrogens with zero attached hydrogens (tertiary/aromatic N) is 3. The maximum atomic E-state index is 12.6. The Morgan fingerprint density at radius 2 is 1.71 bits per heavy atom. The number of rotatable bonds is 7. The maximum Gasteiger partial charge on any atom is 0.321 e. The lowest BCUT2D eigenvalue weighted by molar-refractivity contribution is 0.102. The van der Waals surface area contributed by atoms with Crippen molar-refractivity contribution in [3.63, 3.8) is 0 Å². The predicted octanol–water partition coefficient (Wildman–Crippen LogP) is 4.61. The predicted molar refractivity (Wildman–Crippen MR) is 120 cm³/mol. The van der Waals surface area contributed by atoms with E-state index in [0.717, 1.165) is 22.1 Å². The minimum absolute atomic E-state index is 0.104. The van der Waals surface area contributed by atoms with E-state index in [1.165, 1.54) is 31.6 Å². The average Bonchev–Trinajstić information content (AvgIpc) is 3.28. The van der Waals surface area contributed by atoms with Crippen LogP contribution in [-0.4, -0.2) is 35.1 Å². The summed E-state index contributed by atoms with van der Waals surface area (Å²) < 4.78 is 10.1. The molecule has 0 bridgehead atoms. The van der Waals surface area contributed by atoms with Crippen molar-refractivity contribution < 1.29 is 14.3 Å². The van der Waals surface area contributed by atoms with Gasteiger partial charge in [0.2, 0.25) is 5.88 Å². The molecule has 31 heavy (non-hydrogen) atoms. The van der Waals surface area contributed by atoms with Crippen LogP contribution in [-0.2, 0) is 0 Å². The average molecular weight is 433 g/mol. The van der Waals surface area contributed by atoms with Crippen LogP contribution in [0.4, 0.5) is 16.6 Å². The van der Waals surface area contributed by atoms with E-state index in [2.05, 4.69) is 25.6 Å². The molecule has 9 heteroatoms. The van der Waals surface area contributed by atoms with Gasteiger partial charge >= 0.3 is 6.01 Å². The highest BCUT2D eigenvalue weighted by atomic mass is 32.1. The van der Waals surface area contributed by atoms with Crippen molar-refractivity contribution >= 4 is 33.9 Å². The second-order valence-corrected chi connectivity index (χ2v) is 7.20. The number of anilines is 3. The van der Waals surface area contributed by atoms with E-state index in [9.17, 15) is 4.79 Å². The molecule has 4 aromatic rings. The molecule has 0 saturated carbocycles. The molecule has 8 nitrogen and oxygen atoms in total. The lowest BCUT2D eigenvalue weighted by Crippen LogP contribution is -2.13. The highest BCUT2D eigenvalue weighted by molar-refractivity contribution is 7.14. The van der Waals surface area contributed by atoms with E-state index in [1.54, 1.807) is 12.1 Å². The SMILES string of the molecule is COc1cc(NC(=O)c2ccc(Nc3nc(-c4ccccc4)cs3)cc2)nc(OC)n1. The summed E-state index contributed by atoms with van der Waals surface area (Å²) in [6, 6.07) is 18.7. The highest BCUT2D eigenvalue weighted by Crippen LogP contribution is 2.27. The van der Waals surface area contributed by atoms with Crippen molar-refractivity contribution in [2.24, 2.45) is 0 Å². The molecule has 2 aromatic carbocycles. The molecule has 1 amide bonds. The molecule has 2 N–H and O–H groups in total. The van der Waals surface area contributed by atoms with Gasteiger partial charge in [0.15, 0.2) is 5.13 Å². The zero-order valence-electron chi connectivity index (χ0n) is 16.8. The van der Waals surface area contributed by atoms with E-state index in [0.29, 0.717) is 11.4 Å². The van der Waals surface area contributed by atoms with Crippen molar-refractivity contribution in [1.29, 1.82) is 0 Å². The molecular weight excluding hydrogens is 414 g/mol. The van der Waals surface area contributed by atoms with Gasteiger partial charge in [0.25, 0.3) is 5.91 Å². The van der Waals surface area contributed by atoms with Crippen LogP contribution in [0, 0.1) is 0 Å². The van der Waals surface area contributed by atoms with Crippen LogP contribution in [0.15, 0.2) is 66.0 Å². The summed E-state index contributed by atoms with van der Waals surface area (Å²) >= 11 is 1.52. The molecule has 2 heterocycles. The Labute approximate surface area is 182 Å². The molecule has 2 aromatic heterocycles. The van der Waals surface area contributed by atoms with Gasteiger partial charge in [-0.2, -0.15) is 9.97 Å². The quantitative estimate of drug-likeness (QED) is 0.439. The molecule has 0 spiro atoms. The van der Waals surface area contributed by atoms with E-state index < -0.39 is 0 Å². The van der Waals surface area contributed by atoms with Gasteiger partial charge in [-0.25, -0.2) is 4.98 Å². The van der Waals surface area contributed by atoms with Gasteiger partial charge in [0, 0.05) is 28.3 Å². The van der Waals surface area contributed by atoms with Crippen molar-refractivity contribution in [3.05, 3.63) is 71.6 Å². The Balaban J connectivity index is 1.42. The monoisotopic (exact) mass is 433 g/mol. The van der Waals surface area contributed by atoms with Crippen molar-refractivity contribution in [2.45, 2.75) is 0 Å².